The largest absolute Gasteiger partial charge is 0.355 e. The van der Waals surface area contributed by atoms with Gasteiger partial charge in [-0.2, -0.15) is 0 Å². The second-order valence-corrected chi connectivity index (χ2v) is 6.49. The molecule has 3 aromatic rings. The highest BCUT2D eigenvalue weighted by molar-refractivity contribution is 6.08. The van der Waals surface area contributed by atoms with Gasteiger partial charge < -0.3 is 4.90 Å². The summed E-state index contributed by atoms with van der Waals surface area (Å²) in [6.45, 7) is 5.35. The van der Waals surface area contributed by atoms with Crippen LogP contribution < -0.4 is 9.80 Å². The third kappa shape index (κ3) is 2.52. The van der Waals surface area contributed by atoms with E-state index < -0.39 is 0 Å². The highest BCUT2D eigenvalue weighted by Gasteiger charge is 2.29. The van der Waals surface area contributed by atoms with Crippen LogP contribution in [0.15, 0.2) is 42.5 Å². The topological polar surface area (TPSA) is 49.3 Å². The average molecular weight is 332 g/mol. The molecule has 0 radical (unpaired) electrons. The molecule has 1 aliphatic rings. The van der Waals surface area contributed by atoms with Crippen molar-refractivity contribution in [2.24, 2.45) is 0 Å². The van der Waals surface area contributed by atoms with Crippen LogP contribution in [-0.4, -0.2) is 36.0 Å². The number of likely N-dealkylation sites (N-methyl/N-ethyl adjacent to an activating group) is 1. The number of aryl methyl sites for hydroxylation is 1. The first-order valence-corrected chi connectivity index (χ1v) is 8.42. The number of carbonyl (C=O) groups is 1. The maximum atomic E-state index is 13.2. The number of anilines is 2. The van der Waals surface area contributed by atoms with Gasteiger partial charge in [0.2, 0.25) is 0 Å². The molecule has 0 aliphatic carbocycles. The maximum Gasteiger partial charge on any atom is 0.259 e. The molecule has 1 aliphatic heterocycles. The Labute approximate surface area is 146 Å². The molecular formula is C20H20N4O. The zero-order valence-corrected chi connectivity index (χ0v) is 14.7. The van der Waals surface area contributed by atoms with Gasteiger partial charge in [-0.05, 0) is 43.2 Å². The number of para-hydroxylation sites is 2. The Morgan fingerprint density at radius 3 is 2.32 bits per heavy atom. The standard InChI is InChI=1S/C20H20N4O/c1-13-7-6-8-15(14(13)2)20(25)24-12-11-23(3)18-19(24)22-17-10-5-4-9-16(17)21-18/h4-10H,11-12H2,1-3H3. The molecule has 4 rings (SSSR count). The number of carbonyl (C=O) groups excluding carboxylic acids is 1. The zero-order valence-electron chi connectivity index (χ0n) is 14.7. The summed E-state index contributed by atoms with van der Waals surface area (Å²) in [4.78, 5) is 26.5. The molecule has 1 amide bonds. The number of hydrogen-bond acceptors (Lipinski definition) is 4. The summed E-state index contributed by atoms with van der Waals surface area (Å²) in [6.07, 6.45) is 0. The van der Waals surface area contributed by atoms with Crippen LogP contribution in [0, 0.1) is 13.8 Å². The molecule has 5 heteroatoms. The monoisotopic (exact) mass is 332 g/mol. The van der Waals surface area contributed by atoms with Crippen molar-refractivity contribution in [1.82, 2.24) is 9.97 Å². The normalized spacial score (nSPS) is 13.9. The Kier molecular flexibility index (Phi) is 3.64. The van der Waals surface area contributed by atoms with E-state index in [2.05, 4.69) is 4.90 Å². The minimum atomic E-state index is -0.0138. The lowest BCUT2D eigenvalue weighted by Crippen LogP contribution is -2.44. The number of fused-ring (bicyclic) bond motifs is 2. The number of benzene rings is 2. The van der Waals surface area contributed by atoms with Crippen LogP contribution in [0.4, 0.5) is 11.6 Å². The lowest BCUT2D eigenvalue weighted by molar-refractivity contribution is 0.0985. The fraction of sp³-hybridized carbons (Fsp3) is 0.250. The number of nitrogens with zero attached hydrogens (tertiary/aromatic N) is 4. The predicted octanol–water partition coefficient (Wildman–Crippen LogP) is 3.34. The molecule has 2 aromatic carbocycles. The molecule has 0 unspecified atom stereocenters. The van der Waals surface area contributed by atoms with Crippen LogP contribution in [0.5, 0.6) is 0 Å². The van der Waals surface area contributed by atoms with E-state index in [1.54, 1.807) is 4.90 Å². The first-order valence-electron chi connectivity index (χ1n) is 8.42. The van der Waals surface area contributed by atoms with E-state index in [9.17, 15) is 4.79 Å². The van der Waals surface area contributed by atoms with Gasteiger partial charge in [0, 0.05) is 25.7 Å². The second-order valence-electron chi connectivity index (χ2n) is 6.49. The Morgan fingerprint density at radius 1 is 0.920 bits per heavy atom. The maximum absolute atomic E-state index is 13.2. The predicted molar refractivity (Wildman–Crippen MR) is 100 cm³/mol. The number of aromatic nitrogens is 2. The van der Waals surface area contributed by atoms with Gasteiger partial charge in [-0.1, -0.05) is 24.3 Å². The molecule has 2 heterocycles. The third-order valence-corrected chi connectivity index (χ3v) is 4.89. The second kappa shape index (κ2) is 5.84. The van der Waals surface area contributed by atoms with Crippen LogP contribution in [0.1, 0.15) is 21.5 Å². The Hall–Kier alpha value is -2.95. The Balaban J connectivity index is 1.85. The van der Waals surface area contributed by atoms with E-state index in [-0.39, 0.29) is 5.91 Å². The van der Waals surface area contributed by atoms with E-state index >= 15 is 0 Å². The molecule has 0 bridgehead atoms. The summed E-state index contributed by atoms with van der Waals surface area (Å²) < 4.78 is 0. The highest BCUT2D eigenvalue weighted by atomic mass is 16.2. The summed E-state index contributed by atoms with van der Waals surface area (Å²) in [5.41, 5.74) is 4.50. The van der Waals surface area contributed by atoms with Crippen LogP contribution in [0.2, 0.25) is 0 Å². The molecule has 0 saturated carbocycles. The molecule has 0 N–H and O–H groups in total. The van der Waals surface area contributed by atoms with Gasteiger partial charge in [-0.25, -0.2) is 9.97 Å². The fourth-order valence-corrected chi connectivity index (χ4v) is 3.21. The van der Waals surface area contributed by atoms with Crippen LogP contribution in [0.25, 0.3) is 11.0 Å². The first-order chi connectivity index (χ1) is 12.1. The van der Waals surface area contributed by atoms with Gasteiger partial charge in [0.1, 0.15) is 0 Å². The van der Waals surface area contributed by atoms with Crippen molar-refractivity contribution in [3.8, 4) is 0 Å². The van der Waals surface area contributed by atoms with Crippen molar-refractivity contribution in [2.45, 2.75) is 13.8 Å². The van der Waals surface area contributed by atoms with Crippen molar-refractivity contribution in [2.75, 3.05) is 29.9 Å². The lowest BCUT2D eigenvalue weighted by atomic mass is 10.0. The Bertz CT molecular complexity index is 983. The summed E-state index contributed by atoms with van der Waals surface area (Å²) in [7, 11) is 1.99. The number of amides is 1. The Morgan fingerprint density at radius 2 is 1.60 bits per heavy atom. The summed E-state index contributed by atoms with van der Waals surface area (Å²) in [5, 5.41) is 0. The fourth-order valence-electron chi connectivity index (χ4n) is 3.21. The smallest absolute Gasteiger partial charge is 0.259 e. The lowest BCUT2D eigenvalue weighted by Gasteiger charge is -2.34. The molecule has 5 nitrogen and oxygen atoms in total. The minimum absolute atomic E-state index is 0.0138. The van der Waals surface area contributed by atoms with E-state index in [0.29, 0.717) is 12.4 Å². The van der Waals surface area contributed by atoms with Gasteiger partial charge in [0.25, 0.3) is 5.91 Å². The van der Waals surface area contributed by atoms with Crippen molar-refractivity contribution in [3.63, 3.8) is 0 Å². The van der Waals surface area contributed by atoms with Crippen molar-refractivity contribution >= 4 is 28.6 Å². The average Bonchev–Trinajstić information content (AvgIpc) is 2.62. The van der Waals surface area contributed by atoms with Crippen molar-refractivity contribution in [3.05, 3.63) is 59.2 Å². The van der Waals surface area contributed by atoms with E-state index in [4.69, 9.17) is 9.97 Å². The molecule has 0 atom stereocenters. The van der Waals surface area contributed by atoms with E-state index in [1.165, 1.54) is 0 Å². The van der Waals surface area contributed by atoms with E-state index in [0.717, 1.165) is 40.1 Å². The molecule has 1 aromatic heterocycles. The van der Waals surface area contributed by atoms with Gasteiger partial charge in [-0.3, -0.25) is 9.69 Å². The SMILES string of the molecule is Cc1cccc(C(=O)N2CCN(C)c3nc4ccccc4nc32)c1C. The third-order valence-electron chi connectivity index (χ3n) is 4.89. The molecule has 25 heavy (non-hydrogen) atoms. The number of rotatable bonds is 1. The van der Waals surface area contributed by atoms with Crippen LogP contribution >= 0.6 is 0 Å². The zero-order chi connectivity index (χ0) is 17.6. The van der Waals surface area contributed by atoms with E-state index in [1.807, 2.05) is 63.4 Å². The number of hydrogen-bond donors (Lipinski definition) is 0. The molecule has 0 spiro atoms. The molecule has 126 valence electrons. The summed E-state index contributed by atoms with van der Waals surface area (Å²) in [6, 6.07) is 13.6. The van der Waals surface area contributed by atoms with Crippen LogP contribution in [0.3, 0.4) is 0 Å². The van der Waals surface area contributed by atoms with Crippen molar-refractivity contribution in [1.29, 1.82) is 0 Å². The molecule has 0 fully saturated rings. The quantitative estimate of drug-likeness (QED) is 0.686. The highest BCUT2D eigenvalue weighted by Crippen LogP contribution is 2.32. The summed E-state index contributed by atoms with van der Waals surface area (Å²) in [5.74, 6) is 1.38. The van der Waals surface area contributed by atoms with Crippen molar-refractivity contribution < 1.29 is 4.79 Å². The van der Waals surface area contributed by atoms with Gasteiger partial charge in [0.15, 0.2) is 11.6 Å². The van der Waals surface area contributed by atoms with Crippen LogP contribution in [-0.2, 0) is 0 Å². The minimum Gasteiger partial charge on any atom is -0.355 e. The first kappa shape index (κ1) is 15.6. The molecule has 0 saturated heterocycles. The van der Waals surface area contributed by atoms with Gasteiger partial charge in [0.05, 0.1) is 11.0 Å². The van der Waals surface area contributed by atoms with Gasteiger partial charge >= 0.3 is 0 Å². The molecular weight excluding hydrogens is 312 g/mol. The summed E-state index contributed by atoms with van der Waals surface area (Å²) >= 11 is 0. The van der Waals surface area contributed by atoms with Gasteiger partial charge in [-0.15, -0.1) is 0 Å².